The van der Waals surface area contributed by atoms with E-state index in [1.807, 2.05) is 54.6 Å². The Balaban J connectivity index is 0.000000217. The molecule has 4 heteroatoms. The Hall–Kier alpha value is -2.23. The number of pyridine rings is 1. The van der Waals surface area contributed by atoms with Crippen molar-refractivity contribution in [3.63, 3.8) is 0 Å². The smallest absolute Gasteiger partial charge is 0.194 e. The SMILES string of the molecule is C[N+](=O)[O-].c1ccccc1.c1ccncc1. The van der Waals surface area contributed by atoms with Crippen LogP contribution < -0.4 is 0 Å². The zero-order valence-electron chi connectivity index (χ0n) is 9.06. The summed E-state index contributed by atoms with van der Waals surface area (Å²) in [6.45, 7) is 0. The second-order valence-electron chi connectivity index (χ2n) is 2.62. The number of aromatic nitrogens is 1. The van der Waals surface area contributed by atoms with Gasteiger partial charge in [0.2, 0.25) is 0 Å². The molecule has 0 bridgehead atoms. The predicted octanol–water partition coefficient (Wildman–Crippen LogP) is 2.66. The minimum atomic E-state index is -0.500. The van der Waals surface area contributed by atoms with Gasteiger partial charge in [-0.2, -0.15) is 0 Å². The fourth-order valence-corrected chi connectivity index (χ4v) is 0.698. The van der Waals surface area contributed by atoms with Crippen molar-refractivity contribution in [2.24, 2.45) is 0 Å². The van der Waals surface area contributed by atoms with Crippen LogP contribution in [0, 0.1) is 10.1 Å². The topological polar surface area (TPSA) is 56.0 Å². The lowest BCUT2D eigenvalue weighted by Crippen LogP contribution is -1.79. The summed E-state index contributed by atoms with van der Waals surface area (Å²) in [5.74, 6) is 0. The van der Waals surface area contributed by atoms with E-state index >= 15 is 0 Å². The van der Waals surface area contributed by atoms with E-state index in [2.05, 4.69) is 4.98 Å². The van der Waals surface area contributed by atoms with E-state index in [1.54, 1.807) is 12.4 Å². The van der Waals surface area contributed by atoms with E-state index in [0.717, 1.165) is 7.05 Å². The van der Waals surface area contributed by atoms with Gasteiger partial charge in [-0.3, -0.25) is 15.1 Å². The quantitative estimate of drug-likeness (QED) is 0.504. The Bertz CT molecular complexity index is 263. The summed E-state index contributed by atoms with van der Waals surface area (Å²) >= 11 is 0. The highest BCUT2D eigenvalue weighted by Crippen LogP contribution is 1.79. The summed E-state index contributed by atoms with van der Waals surface area (Å²) in [6, 6.07) is 17.7. The molecule has 2 rings (SSSR count). The van der Waals surface area contributed by atoms with E-state index < -0.39 is 4.92 Å². The Morgan fingerprint density at radius 1 is 0.812 bits per heavy atom. The van der Waals surface area contributed by atoms with Gasteiger partial charge in [0.1, 0.15) is 0 Å². The fraction of sp³-hybridized carbons (Fsp3) is 0.0833. The monoisotopic (exact) mass is 218 g/mol. The van der Waals surface area contributed by atoms with Crippen LogP contribution in [0.2, 0.25) is 0 Å². The van der Waals surface area contributed by atoms with Gasteiger partial charge >= 0.3 is 0 Å². The maximum Gasteiger partial charge on any atom is 0.194 e. The van der Waals surface area contributed by atoms with Gasteiger partial charge in [0.05, 0.1) is 0 Å². The molecule has 16 heavy (non-hydrogen) atoms. The van der Waals surface area contributed by atoms with Crippen LogP contribution in [0.25, 0.3) is 0 Å². The molecule has 2 aromatic rings. The van der Waals surface area contributed by atoms with E-state index in [4.69, 9.17) is 10.1 Å². The second kappa shape index (κ2) is 10.8. The maximum atomic E-state index is 8.81. The first-order chi connectivity index (χ1) is 7.73. The molecule has 0 aliphatic rings. The van der Waals surface area contributed by atoms with Crippen molar-refractivity contribution in [1.82, 2.24) is 4.98 Å². The van der Waals surface area contributed by atoms with Gasteiger partial charge in [-0.05, 0) is 12.1 Å². The molecule has 1 heterocycles. The lowest BCUT2D eigenvalue weighted by Gasteiger charge is -1.70. The van der Waals surface area contributed by atoms with Crippen LogP contribution in [-0.4, -0.2) is 17.0 Å². The molecule has 84 valence electrons. The number of rotatable bonds is 0. The van der Waals surface area contributed by atoms with Gasteiger partial charge < -0.3 is 0 Å². The lowest BCUT2D eigenvalue weighted by molar-refractivity contribution is -0.445. The summed E-state index contributed by atoms with van der Waals surface area (Å²) in [5, 5.41) is 8.81. The summed E-state index contributed by atoms with van der Waals surface area (Å²) < 4.78 is 0. The molecule has 0 radical (unpaired) electrons. The molecule has 0 amide bonds. The standard InChI is InChI=1S/C6H6.C5H5N.CH3NO2/c2*1-2-4-6-5-3-1;1-2(3)4/h1-6H;1-5H;1H3. The van der Waals surface area contributed by atoms with E-state index in [0.29, 0.717) is 0 Å². The molecule has 0 aliphatic heterocycles. The fourth-order valence-electron chi connectivity index (χ4n) is 0.698. The normalized spacial score (nSPS) is 7.56. The van der Waals surface area contributed by atoms with Crippen molar-refractivity contribution in [1.29, 1.82) is 0 Å². The minimum absolute atomic E-state index is 0.500. The maximum absolute atomic E-state index is 8.81. The first kappa shape index (κ1) is 13.8. The van der Waals surface area contributed by atoms with Crippen LogP contribution in [0.5, 0.6) is 0 Å². The van der Waals surface area contributed by atoms with Crippen molar-refractivity contribution >= 4 is 0 Å². The Morgan fingerprint density at radius 2 is 1.06 bits per heavy atom. The average Bonchev–Trinajstić information content (AvgIpc) is 2.34. The molecule has 4 nitrogen and oxygen atoms in total. The Morgan fingerprint density at radius 3 is 1.19 bits per heavy atom. The average molecular weight is 218 g/mol. The summed E-state index contributed by atoms with van der Waals surface area (Å²) in [7, 11) is 0.889. The molecular formula is C12H14N2O2. The van der Waals surface area contributed by atoms with E-state index in [-0.39, 0.29) is 0 Å². The van der Waals surface area contributed by atoms with Gasteiger partial charge in [0, 0.05) is 17.3 Å². The lowest BCUT2D eigenvalue weighted by atomic mass is 10.4. The minimum Gasteiger partial charge on any atom is -0.265 e. The van der Waals surface area contributed by atoms with Crippen LogP contribution >= 0.6 is 0 Å². The van der Waals surface area contributed by atoms with Gasteiger partial charge in [0.25, 0.3) is 0 Å². The number of nitrogens with zero attached hydrogens (tertiary/aromatic N) is 2. The molecule has 0 N–H and O–H groups in total. The van der Waals surface area contributed by atoms with Gasteiger partial charge in [-0.15, -0.1) is 0 Å². The second-order valence-corrected chi connectivity index (χ2v) is 2.62. The van der Waals surface area contributed by atoms with E-state index in [9.17, 15) is 0 Å². The number of hydrogen-bond acceptors (Lipinski definition) is 3. The first-order valence-electron chi connectivity index (χ1n) is 4.66. The van der Waals surface area contributed by atoms with Crippen LogP contribution in [0.4, 0.5) is 0 Å². The van der Waals surface area contributed by atoms with Crippen molar-refractivity contribution in [2.75, 3.05) is 7.05 Å². The highest BCUT2D eigenvalue weighted by molar-refractivity contribution is 4.99. The Kier molecular flexibility index (Phi) is 9.34. The number of benzene rings is 1. The molecule has 0 saturated heterocycles. The van der Waals surface area contributed by atoms with Crippen LogP contribution in [0.15, 0.2) is 67.0 Å². The highest BCUT2D eigenvalue weighted by Gasteiger charge is 1.59. The van der Waals surface area contributed by atoms with Crippen molar-refractivity contribution in [3.05, 3.63) is 77.1 Å². The third-order valence-electron chi connectivity index (χ3n) is 1.23. The molecule has 0 fully saturated rings. The van der Waals surface area contributed by atoms with Crippen LogP contribution in [0.3, 0.4) is 0 Å². The van der Waals surface area contributed by atoms with Crippen LogP contribution in [0.1, 0.15) is 0 Å². The van der Waals surface area contributed by atoms with E-state index in [1.165, 1.54) is 0 Å². The van der Waals surface area contributed by atoms with Crippen molar-refractivity contribution < 1.29 is 4.92 Å². The first-order valence-corrected chi connectivity index (χ1v) is 4.66. The van der Waals surface area contributed by atoms with Crippen molar-refractivity contribution in [3.8, 4) is 0 Å². The van der Waals surface area contributed by atoms with Gasteiger partial charge in [-0.25, -0.2) is 0 Å². The third kappa shape index (κ3) is 14.3. The molecule has 1 aromatic heterocycles. The highest BCUT2D eigenvalue weighted by atomic mass is 16.6. The predicted molar refractivity (Wildman–Crippen MR) is 63.6 cm³/mol. The summed E-state index contributed by atoms with van der Waals surface area (Å²) in [5.41, 5.74) is 0. The zero-order chi connectivity index (χ0) is 12.1. The Labute approximate surface area is 94.7 Å². The molecule has 0 spiro atoms. The summed E-state index contributed by atoms with van der Waals surface area (Å²) in [6.07, 6.45) is 3.50. The van der Waals surface area contributed by atoms with Gasteiger partial charge in [0.15, 0.2) is 7.05 Å². The number of nitro groups is 1. The molecule has 0 aliphatic carbocycles. The largest absolute Gasteiger partial charge is 0.265 e. The number of hydrogen-bond donors (Lipinski definition) is 0. The molecular weight excluding hydrogens is 204 g/mol. The van der Waals surface area contributed by atoms with Crippen LogP contribution in [-0.2, 0) is 0 Å². The zero-order valence-corrected chi connectivity index (χ0v) is 9.06. The summed E-state index contributed by atoms with van der Waals surface area (Å²) in [4.78, 5) is 12.1. The van der Waals surface area contributed by atoms with Crippen molar-refractivity contribution in [2.45, 2.75) is 0 Å². The molecule has 1 aromatic carbocycles. The third-order valence-corrected chi connectivity index (χ3v) is 1.23. The van der Waals surface area contributed by atoms with Gasteiger partial charge in [-0.1, -0.05) is 42.5 Å². The molecule has 0 atom stereocenters. The molecule has 0 unspecified atom stereocenters. The molecule has 0 saturated carbocycles.